The van der Waals surface area contributed by atoms with Crippen molar-refractivity contribution >= 4 is 50.4 Å². The maximum absolute atomic E-state index is 4.46. The van der Waals surface area contributed by atoms with Gasteiger partial charge in [-0.05, 0) is 24.3 Å². The van der Waals surface area contributed by atoms with E-state index in [1.807, 2.05) is 42.5 Å². The van der Waals surface area contributed by atoms with Crippen LogP contribution in [0.4, 0.5) is 0 Å². The number of para-hydroxylation sites is 2. The van der Waals surface area contributed by atoms with E-state index in [0.29, 0.717) is 0 Å². The standard InChI is InChI=1S/C12H9N3.2CH3.2BrH.Sn/c1-2-6-10-9(5-1)14-12(15-10)11-7-3-4-8-13-11;;;;;/h1-8H,(H,14,15);2*1H3;2*1H;/q;;;;;+2/p-2. The minimum atomic E-state index is -1.55. The van der Waals surface area contributed by atoms with Crippen LogP contribution in [-0.2, 0) is 0 Å². The van der Waals surface area contributed by atoms with Crippen LogP contribution in [0.25, 0.3) is 22.6 Å². The average molecular weight is 504 g/mol. The molecule has 3 nitrogen and oxygen atoms in total. The number of nitrogens with one attached hydrogen (secondary N) is 1. The topological polar surface area (TPSA) is 41.6 Å². The number of fused-ring (bicyclic) bond motifs is 1. The van der Waals surface area contributed by atoms with Crippen molar-refractivity contribution in [1.82, 2.24) is 15.0 Å². The summed E-state index contributed by atoms with van der Waals surface area (Å²) in [6, 6.07) is 13.8. The van der Waals surface area contributed by atoms with E-state index in [-0.39, 0.29) is 0 Å². The molecule has 0 bridgehead atoms. The smallest absolute Gasteiger partial charge is 0.157 e. The van der Waals surface area contributed by atoms with E-state index in [1.54, 1.807) is 6.20 Å². The van der Waals surface area contributed by atoms with Gasteiger partial charge in [0, 0.05) is 6.20 Å². The fraction of sp³-hybridized carbons (Fsp3) is 0.143. The second-order valence-corrected chi connectivity index (χ2v) is 46.0. The van der Waals surface area contributed by atoms with E-state index in [4.69, 9.17) is 0 Å². The first-order valence-corrected chi connectivity index (χ1v) is 24.7. The molecule has 0 saturated heterocycles. The van der Waals surface area contributed by atoms with E-state index in [1.165, 1.54) is 0 Å². The molecule has 3 rings (SSSR count). The van der Waals surface area contributed by atoms with E-state index in [0.717, 1.165) is 22.6 Å². The Morgan fingerprint density at radius 1 is 1.00 bits per heavy atom. The third-order valence-electron chi connectivity index (χ3n) is 2.30. The summed E-state index contributed by atoms with van der Waals surface area (Å²) in [5.41, 5.74) is 2.88. The van der Waals surface area contributed by atoms with Gasteiger partial charge < -0.3 is 4.98 Å². The van der Waals surface area contributed by atoms with E-state index in [9.17, 15) is 0 Å². The summed E-state index contributed by atoms with van der Waals surface area (Å²) in [5, 5.41) is 0. The van der Waals surface area contributed by atoms with Crippen molar-refractivity contribution in [2.24, 2.45) is 0 Å². The largest absolute Gasteiger partial charge is 0.337 e. The molecule has 20 heavy (non-hydrogen) atoms. The Hall–Kier alpha value is -0.401. The summed E-state index contributed by atoms with van der Waals surface area (Å²) in [4.78, 5) is 16.4. The number of aromatic nitrogens is 3. The summed E-state index contributed by atoms with van der Waals surface area (Å²) in [7, 11) is 0. The molecule has 0 spiro atoms. The van der Waals surface area contributed by atoms with Crippen LogP contribution in [0.5, 0.6) is 0 Å². The predicted molar refractivity (Wildman–Crippen MR) is 94.7 cm³/mol. The summed E-state index contributed by atoms with van der Waals surface area (Å²) < 4.78 is 0. The van der Waals surface area contributed by atoms with Crippen molar-refractivity contribution in [1.29, 1.82) is 0 Å². The van der Waals surface area contributed by atoms with Gasteiger partial charge in [-0.25, -0.2) is 4.98 Å². The van der Waals surface area contributed by atoms with Crippen LogP contribution in [0, 0.1) is 0 Å². The summed E-state index contributed by atoms with van der Waals surface area (Å²) in [6.07, 6.45) is 1.77. The molecule has 0 aliphatic rings. The van der Waals surface area contributed by atoms with Crippen molar-refractivity contribution in [2.75, 3.05) is 0 Å². The van der Waals surface area contributed by atoms with Gasteiger partial charge in [0.15, 0.2) is 5.82 Å². The van der Waals surface area contributed by atoms with Crippen LogP contribution in [-0.4, -0.2) is 28.9 Å². The van der Waals surface area contributed by atoms with E-state index in [2.05, 4.69) is 50.2 Å². The zero-order chi connectivity index (χ0) is 14.6. The maximum atomic E-state index is 4.46. The third-order valence-corrected chi connectivity index (χ3v) is 2.30. The Bertz CT molecular complexity index is 638. The summed E-state index contributed by atoms with van der Waals surface area (Å²) >= 11 is 5.45. The minimum Gasteiger partial charge on any atom is -0.337 e. The molecule has 0 unspecified atom stereocenters. The molecule has 0 aliphatic carbocycles. The summed E-state index contributed by atoms with van der Waals surface area (Å²) in [5.74, 6) is 0.816. The van der Waals surface area contributed by atoms with Crippen molar-refractivity contribution < 1.29 is 0 Å². The van der Waals surface area contributed by atoms with Gasteiger partial charge in [-0.3, -0.25) is 4.98 Å². The number of H-pyrrole nitrogens is 1. The first kappa shape index (κ1) is 16.0. The molecule has 1 N–H and O–H groups in total. The molecule has 3 aromatic rings. The average Bonchev–Trinajstić information content (AvgIpc) is 2.81. The van der Waals surface area contributed by atoms with Crippen molar-refractivity contribution in [3.63, 3.8) is 0 Å². The maximum Gasteiger partial charge on any atom is 0.157 e. The number of hydrogen-bond donors (Lipinski definition) is 1. The quantitative estimate of drug-likeness (QED) is 0.469. The predicted octanol–water partition coefficient (Wildman–Crippen LogP) is 5.10. The monoisotopic (exact) mass is 503 g/mol. The number of pyridine rings is 1. The van der Waals surface area contributed by atoms with Crippen molar-refractivity contribution in [3.05, 3.63) is 48.7 Å². The van der Waals surface area contributed by atoms with Crippen LogP contribution in [0.15, 0.2) is 48.7 Å². The summed E-state index contributed by atoms with van der Waals surface area (Å²) in [6.45, 7) is 0. The Morgan fingerprint density at radius 3 is 2.25 bits per heavy atom. The van der Waals surface area contributed by atoms with Gasteiger partial charge in [-0.15, -0.1) is 0 Å². The number of rotatable bonds is 1. The molecule has 1 aromatic carbocycles. The van der Waals surface area contributed by atoms with Crippen LogP contribution in [0.3, 0.4) is 0 Å². The molecule has 0 atom stereocenters. The molecule has 2 aromatic heterocycles. The van der Waals surface area contributed by atoms with Crippen molar-refractivity contribution in [3.8, 4) is 11.5 Å². The first-order valence-electron chi connectivity index (χ1n) is 6.17. The van der Waals surface area contributed by atoms with Gasteiger partial charge in [-0.1, -0.05) is 18.2 Å². The van der Waals surface area contributed by atoms with Crippen LogP contribution in [0.1, 0.15) is 0 Å². The number of hydrogen-bond acceptors (Lipinski definition) is 2. The molecule has 0 aliphatic heterocycles. The normalized spacial score (nSPS) is 11.0. The molecule has 0 fully saturated rings. The molecule has 0 saturated carbocycles. The zero-order valence-electron chi connectivity index (χ0n) is 11.3. The third kappa shape index (κ3) is 5.18. The SMILES string of the molecule is [CH3][Sn]([CH3])([Br])[Br].c1ccc(-c2nc3ccccc3[nH]2)nc1. The minimum absolute atomic E-state index is 0.816. The Labute approximate surface area is 134 Å². The van der Waals surface area contributed by atoms with Crippen LogP contribution in [0.2, 0.25) is 9.88 Å². The molecule has 104 valence electrons. The molecular formula is C14H15Br2N3Sn. The number of benzene rings is 1. The van der Waals surface area contributed by atoms with Gasteiger partial charge >= 0.3 is 49.2 Å². The second kappa shape index (κ2) is 7.04. The molecule has 0 amide bonds. The van der Waals surface area contributed by atoms with E-state index < -0.39 is 13.9 Å². The van der Waals surface area contributed by atoms with Gasteiger partial charge in [0.25, 0.3) is 0 Å². The fourth-order valence-corrected chi connectivity index (χ4v) is 1.58. The van der Waals surface area contributed by atoms with Gasteiger partial charge in [0.1, 0.15) is 5.69 Å². The molecule has 6 heteroatoms. The second-order valence-electron chi connectivity index (χ2n) is 4.64. The molecule has 0 radical (unpaired) electrons. The van der Waals surface area contributed by atoms with Gasteiger partial charge in [-0.2, -0.15) is 0 Å². The van der Waals surface area contributed by atoms with Gasteiger partial charge in [0.05, 0.1) is 11.0 Å². The van der Waals surface area contributed by atoms with E-state index >= 15 is 0 Å². The molecule has 2 heterocycles. The van der Waals surface area contributed by atoms with Gasteiger partial charge in [0.2, 0.25) is 0 Å². The first-order chi connectivity index (χ1) is 9.43. The fourth-order valence-electron chi connectivity index (χ4n) is 1.58. The number of aromatic amines is 1. The van der Waals surface area contributed by atoms with Crippen LogP contribution < -0.4 is 0 Å². The number of nitrogens with zero attached hydrogens (tertiary/aromatic N) is 2. The van der Waals surface area contributed by atoms with Crippen molar-refractivity contribution in [2.45, 2.75) is 9.88 Å². The molecular weight excluding hydrogens is 489 g/mol. The Kier molecular flexibility index (Phi) is 5.63. The number of halogens is 2. The zero-order valence-corrected chi connectivity index (χ0v) is 17.3. The van der Waals surface area contributed by atoms with Crippen LogP contribution >= 0.6 is 25.4 Å². The Morgan fingerprint density at radius 2 is 1.65 bits per heavy atom. The number of imidazole rings is 1. The Balaban J connectivity index is 0.000000257.